The number of aromatic nitrogens is 3. The number of aryl methyl sites for hydroxylation is 2. The Kier molecular flexibility index (Phi) is 5.44. The number of piperidine rings is 1. The second-order valence-corrected chi connectivity index (χ2v) is 6.40. The van der Waals surface area contributed by atoms with Crippen LogP contribution in [0.5, 0.6) is 5.88 Å². The lowest BCUT2D eigenvalue weighted by Crippen LogP contribution is -2.35. The molecule has 130 valence electrons. The monoisotopic (exact) mass is 337 g/mol. The quantitative estimate of drug-likeness (QED) is 0.835. The van der Waals surface area contributed by atoms with Crippen molar-refractivity contribution in [1.29, 1.82) is 5.26 Å². The molecule has 2 aromatic heterocycles. The third kappa shape index (κ3) is 4.24. The van der Waals surface area contributed by atoms with Gasteiger partial charge in [0.1, 0.15) is 11.8 Å². The molecule has 0 aromatic carbocycles. The largest absolute Gasteiger partial charge is 0.476 e. The van der Waals surface area contributed by atoms with Crippen molar-refractivity contribution in [1.82, 2.24) is 15.2 Å². The third-order valence-electron chi connectivity index (χ3n) is 4.75. The van der Waals surface area contributed by atoms with Crippen molar-refractivity contribution in [3.8, 4) is 11.9 Å². The summed E-state index contributed by atoms with van der Waals surface area (Å²) in [5.41, 5.74) is 3.69. The van der Waals surface area contributed by atoms with Gasteiger partial charge in [-0.15, -0.1) is 5.10 Å². The van der Waals surface area contributed by atoms with Gasteiger partial charge in [0.2, 0.25) is 5.88 Å². The van der Waals surface area contributed by atoms with E-state index in [2.05, 4.69) is 33.1 Å². The van der Waals surface area contributed by atoms with Crippen molar-refractivity contribution in [3.63, 3.8) is 0 Å². The SMILES string of the molecule is CCc1cc(OCC2CCN(c3ccnc(C#N)c3)CC2)nnc1C. The van der Waals surface area contributed by atoms with Crippen molar-refractivity contribution in [3.05, 3.63) is 41.3 Å². The summed E-state index contributed by atoms with van der Waals surface area (Å²) in [5, 5.41) is 17.3. The smallest absolute Gasteiger partial charge is 0.233 e. The highest BCUT2D eigenvalue weighted by Crippen LogP contribution is 2.24. The fourth-order valence-corrected chi connectivity index (χ4v) is 3.14. The van der Waals surface area contributed by atoms with Gasteiger partial charge in [-0.1, -0.05) is 6.92 Å². The first kappa shape index (κ1) is 17.2. The first-order valence-electron chi connectivity index (χ1n) is 8.76. The summed E-state index contributed by atoms with van der Waals surface area (Å²) in [6.07, 6.45) is 4.76. The summed E-state index contributed by atoms with van der Waals surface area (Å²) >= 11 is 0. The lowest BCUT2D eigenvalue weighted by molar-refractivity contribution is 0.214. The van der Waals surface area contributed by atoms with Gasteiger partial charge in [0.15, 0.2) is 0 Å². The third-order valence-corrected chi connectivity index (χ3v) is 4.75. The Morgan fingerprint density at radius 3 is 2.80 bits per heavy atom. The van der Waals surface area contributed by atoms with Crippen LogP contribution in [-0.4, -0.2) is 34.9 Å². The van der Waals surface area contributed by atoms with Gasteiger partial charge in [0.05, 0.1) is 12.3 Å². The maximum atomic E-state index is 8.98. The van der Waals surface area contributed by atoms with Crippen LogP contribution in [0.4, 0.5) is 5.69 Å². The highest BCUT2D eigenvalue weighted by atomic mass is 16.5. The predicted molar refractivity (Wildman–Crippen MR) is 95.5 cm³/mol. The first-order chi connectivity index (χ1) is 12.2. The van der Waals surface area contributed by atoms with E-state index in [1.165, 1.54) is 5.56 Å². The summed E-state index contributed by atoms with van der Waals surface area (Å²) in [5.74, 6) is 1.14. The number of anilines is 1. The Morgan fingerprint density at radius 2 is 2.08 bits per heavy atom. The number of nitrogens with zero attached hydrogens (tertiary/aromatic N) is 5. The molecule has 0 N–H and O–H groups in total. The van der Waals surface area contributed by atoms with E-state index >= 15 is 0 Å². The van der Waals surface area contributed by atoms with E-state index in [0.29, 0.717) is 24.1 Å². The molecule has 0 atom stereocenters. The molecule has 0 aliphatic carbocycles. The zero-order chi connectivity index (χ0) is 17.6. The molecule has 1 fully saturated rings. The van der Waals surface area contributed by atoms with Gasteiger partial charge < -0.3 is 9.64 Å². The van der Waals surface area contributed by atoms with Crippen molar-refractivity contribution in [2.24, 2.45) is 5.92 Å². The molecule has 0 radical (unpaired) electrons. The van der Waals surface area contributed by atoms with E-state index in [0.717, 1.165) is 43.7 Å². The molecular weight excluding hydrogens is 314 g/mol. The van der Waals surface area contributed by atoms with Gasteiger partial charge >= 0.3 is 0 Å². The molecule has 25 heavy (non-hydrogen) atoms. The second kappa shape index (κ2) is 7.93. The number of nitriles is 1. The average molecular weight is 337 g/mol. The molecule has 0 amide bonds. The van der Waals surface area contributed by atoms with Crippen molar-refractivity contribution in [2.75, 3.05) is 24.6 Å². The van der Waals surface area contributed by atoms with E-state index < -0.39 is 0 Å². The van der Waals surface area contributed by atoms with Gasteiger partial charge in [-0.05, 0) is 49.8 Å². The number of pyridine rings is 1. The normalized spacial score (nSPS) is 15.0. The van der Waals surface area contributed by atoms with Crippen molar-refractivity contribution in [2.45, 2.75) is 33.1 Å². The van der Waals surface area contributed by atoms with Crippen LogP contribution in [0.3, 0.4) is 0 Å². The highest BCUT2D eigenvalue weighted by Gasteiger charge is 2.20. The van der Waals surface area contributed by atoms with Crippen LogP contribution < -0.4 is 9.64 Å². The van der Waals surface area contributed by atoms with Crippen molar-refractivity contribution >= 4 is 5.69 Å². The van der Waals surface area contributed by atoms with Crippen molar-refractivity contribution < 1.29 is 4.74 Å². The lowest BCUT2D eigenvalue weighted by atomic mass is 9.97. The zero-order valence-corrected chi connectivity index (χ0v) is 14.8. The summed E-state index contributed by atoms with van der Waals surface area (Å²) in [4.78, 5) is 6.34. The minimum absolute atomic E-state index is 0.465. The molecule has 6 nitrogen and oxygen atoms in total. The van der Waals surface area contributed by atoms with Crippen LogP contribution in [0, 0.1) is 24.2 Å². The molecule has 0 spiro atoms. The molecule has 0 saturated carbocycles. The Labute approximate surface area is 148 Å². The summed E-state index contributed by atoms with van der Waals surface area (Å²) in [6, 6.07) is 7.91. The molecule has 3 heterocycles. The van der Waals surface area contributed by atoms with Gasteiger partial charge in [0, 0.05) is 31.0 Å². The van der Waals surface area contributed by atoms with Crippen LogP contribution in [0.15, 0.2) is 24.4 Å². The Balaban J connectivity index is 1.52. The topological polar surface area (TPSA) is 74.9 Å². The molecule has 1 aliphatic heterocycles. The van der Waals surface area contributed by atoms with Crippen LogP contribution in [0.1, 0.15) is 36.7 Å². The maximum absolute atomic E-state index is 8.98. The van der Waals surface area contributed by atoms with Crippen LogP contribution >= 0.6 is 0 Å². The highest BCUT2D eigenvalue weighted by molar-refractivity contribution is 5.49. The molecular formula is C19H23N5O. The molecule has 3 rings (SSSR count). The fraction of sp³-hybridized carbons (Fsp3) is 0.474. The summed E-state index contributed by atoms with van der Waals surface area (Å²) in [7, 11) is 0. The molecule has 0 bridgehead atoms. The van der Waals surface area contributed by atoms with Gasteiger partial charge in [-0.25, -0.2) is 4.98 Å². The van der Waals surface area contributed by atoms with Crippen LogP contribution in [0.25, 0.3) is 0 Å². The first-order valence-corrected chi connectivity index (χ1v) is 8.76. The van der Waals surface area contributed by atoms with Gasteiger partial charge in [-0.2, -0.15) is 10.4 Å². The Hall–Kier alpha value is -2.68. The number of hydrogen-bond donors (Lipinski definition) is 0. The van der Waals surface area contributed by atoms with Crippen LogP contribution in [-0.2, 0) is 6.42 Å². The fourth-order valence-electron chi connectivity index (χ4n) is 3.14. The second-order valence-electron chi connectivity index (χ2n) is 6.40. The molecule has 6 heteroatoms. The average Bonchev–Trinajstić information content (AvgIpc) is 2.68. The summed E-state index contributed by atoms with van der Waals surface area (Å²) < 4.78 is 5.88. The Morgan fingerprint density at radius 1 is 1.28 bits per heavy atom. The summed E-state index contributed by atoms with van der Waals surface area (Å²) in [6.45, 7) is 6.68. The van der Waals surface area contributed by atoms with Crippen LogP contribution in [0.2, 0.25) is 0 Å². The zero-order valence-electron chi connectivity index (χ0n) is 14.8. The van der Waals surface area contributed by atoms with E-state index in [-0.39, 0.29) is 0 Å². The molecule has 2 aromatic rings. The standard InChI is InChI=1S/C19H23N5O/c1-3-16-10-19(23-22-14(16)2)25-13-15-5-8-24(9-6-15)18-4-7-21-17(11-18)12-20/h4,7,10-11,15H,3,5-6,8-9,13H2,1-2H3. The minimum Gasteiger partial charge on any atom is -0.476 e. The number of hydrogen-bond acceptors (Lipinski definition) is 6. The maximum Gasteiger partial charge on any atom is 0.233 e. The van der Waals surface area contributed by atoms with Gasteiger partial charge in [-0.3, -0.25) is 0 Å². The predicted octanol–water partition coefficient (Wildman–Crippen LogP) is 2.91. The molecule has 1 aliphatic rings. The Bertz CT molecular complexity index is 763. The lowest BCUT2D eigenvalue weighted by Gasteiger charge is -2.33. The molecule has 0 unspecified atom stereocenters. The van der Waals surface area contributed by atoms with E-state index in [4.69, 9.17) is 10.00 Å². The van der Waals surface area contributed by atoms with E-state index in [9.17, 15) is 0 Å². The molecule has 1 saturated heterocycles. The number of rotatable bonds is 5. The van der Waals surface area contributed by atoms with E-state index in [1.807, 2.05) is 25.1 Å². The van der Waals surface area contributed by atoms with E-state index in [1.54, 1.807) is 6.20 Å². The number of ether oxygens (including phenoxy) is 1. The minimum atomic E-state index is 0.465. The van der Waals surface area contributed by atoms with Gasteiger partial charge in [0.25, 0.3) is 0 Å².